The summed E-state index contributed by atoms with van der Waals surface area (Å²) in [5.41, 5.74) is 1.86. The van der Waals surface area contributed by atoms with Crippen LogP contribution in [0.2, 0.25) is 0 Å². The number of nitrogens with zero attached hydrogens (tertiary/aromatic N) is 6. The third kappa shape index (κ3) is 19.3. The number of Topliss-reactive ketones (excluding diaryl/α,β-unsaturated/α-hetero) is 1. The first kappa shape index (κ1) is 68.5. The number of aromatic amines is 2. The van der Waals surface area contributed by atoms with Gasteiger partial charge in [-0.05, 0) is 51.2 Å². The van der Waals surface area contributed by atoms with Crippen LogP contribution >= 0.6 is 15.6 Å². The fraction of sp³-hybridized carbons (Fsp3) is 0.569. The first-order valence-corrected chi connectivity index (χ1v) is 32.9. The van der Waals surface area contributed by atoms with Gasteiger partial charge in [-0.25, -0.2) is 14.3 Å². The average Bonchev–Trinajstić information content (AvgIpc) is 1.90. The Morgan fingerprint density at radius 3 is 2.08 bits per heavy atom. The lowest BCUT2D eigenvalue weighted by atomic mass is 9.95. The number of hydrogen-bond donors (Lipinski definition) is 4. The number of para-hydroxylation sites is 1. The second kappa shape index (κ2) is 32.5. The van der Waals surface area contributed by atoms with Gasteiger partial charge in [-0.1, -0.05) is 80.3 Å². The molecule has 0 spiro atoms. The summed E-state index contributed by atoms with van der Waals surface area (Å²) in [6.07, 6.45) is 1.54. The predicted octanol–water partition coefficient (Wildman–Crippen LogP) is 3.90. The SMILES string of the molecule is CCCCCCCNC(=O)CCOCCn1nnc2c1-c1ccccc1CN(C(=O)CCCCC(=O)CCCOCCOP(=O)([O-])OC[C@H]1O[C@@H](n3cc(C)c(=O)[nH]c3=O)CC1OP(=O)([O-])OC[C@H]1O[C@@H](n3cc(C)c(=O)[nH]c3=O)CC1O)c1ccccc1-2. The molecule has 2 amide bonds. The van der Waals surface area contributed by atoms with Crippen molar-refractivity contribution >= 4 is 38.9 Å². The maximum atomic E-state index is 14.1. The van der Waals surface area contributed by atoms with Gasteiger partial charge >= 0.3 is 11.4 Å². The van der Waals surface area contributed by atoms with E-state index < -0.39 is 101 Å². The number of unbranched alkanes of at least 4 members (excludes halogenated alkanes) is 5. The Labute approximate surface area is 512 Å². The molecule has 8 rings (SSSR count). The molecule has 3 aliphatic rings. The minimum Gasteiger partial charge on any atom is -0.756 e. The standard InChI is InChI=1S/C58H79N9O20P2/c1-4-5-6-7-14-24-59-49(70)23-27-81-28-25-67-54-42-19-10-8-16-40(42)35-64(44-21-12-11-20-43(44)53(54)62-63-67)50(71)22-13-9-17-41(68)18-15-26-80-29-30-82-88(76,77)83-37-48-46(32-52(86-48)66-34-39(3)56(73)61-58(66)75)87-89(78,79)84-36-47-45(69)31-51(85-47)65-33-38(2)55(72)60-57(65)74/h8,10-12,16,19-21,33-34,45-48,51-52,69H,4-7,9,13-15,17-18,22-32,35-37H2,1-3H3,(H,59,70)(H,76,77)(H,78,79)(H,60,72,74)(H,61,73,75)/p-2/t45?,46?,47-,48-,51-,52-/m1/s1. The molecule has 2 saturated heterocycles. The molecular formula is C58H77N9O20P2-2. The molecule has 4 unspecified atom stereocenters. The molecule has 0 bridgehead atoms. The van der Waals surface area contributed by atoms with Gasteiger partial charge in [0.05, 0.1) is 76.3 Å². The van der Waals surface area contributed by atoms with E-state index in [2.05, 4.69) is 32.5 Å². The number of aromatic nitrogens is 7. The zero-order valence-electron chi connectivity index (χ0n) is 50.0. The molecule has 0 saturated carbocycles. The number of ether oxygens (including phenoxy) is 4. The van der Waals surface area contributed by atoms with Crippen LogP contribution in [0.1, 0.15) is 126 Å². The summed E-state index contributed by atoms with van der Waals surface area (Å²) in [5.74, 6) is -0.194. The van der Waals surface area contributed by atoms with Crippen LogP contribution in [-0.2, 0) is 73.6 Å². The van der Waals surface area contributed by atoms with E-state index in [1.165, 1.54) is 39.3 Å². The molecule has 0 radical (unpaired) electrons. The van der Waals surface area contributed by atoms with Gasteiger partial charge in [0.15, 0.2) is 0 Å². The van der Waals surface area contributed by atoms with Gasteiger partial charge in [0.25, 0.3) is 26.8 Å². The Morgan fingerprint density at radius 1 is 0.708 bits per heavy atom. The van der Waals surface area contributed by atoms with Gasteiger partial charge in [0.2, 0.25) is 11.8 Å². The van der Waals surface area contributed by atoms with E-state index in [-0.39, 0.29) is 87.2 Å². The topological polar surface area (TPSA) is 381 Å². The first-order chi connectivity index (χ1) is 42.7. The number of carbonyl (C=O) groups is 3. The van der Waals surface area contributed by atoms with Crippen molar-refractivity contribution in [3.8, 4) is 22.5 Å². The predicted molar refractivity (Wildman–Crippen MR) is 316 cm³/mol. The zero-order valence-corrected chi connectivity index (χ0v) is 51.8. The number of anilines is 1. The van der Waals surface area contributed by atoms with Gasteiger partial charge in [-0.3, -0.25) is 52.2 Å². The van der Waals surface area contributed by atoms with Crippen molar-refractivity contribution in [1.29, 1.82) is 0 Å². The van der Waals surface area contributed by atoms with E-state index >= 15 is 0 Å². The first-order valence-electron chi connectivity index (χ1n) is 29.9. The fourth-order valence-electron chi connectivity index (χ4n) is 10.5. The van der Waals surface area contributed by atoms with E-state index in [9.17, 15) is 57.6 Å². The van der Waals surface area contributed by atoms with Crippen LogP contribution in [0.3, 0.4) is 0 Å². The Bertz CT molecular complexity index is 3570. The number of hydrogen-bond acceptors (Lipinski definition) is 22. The summed E-state index contributed by atoms with van der Waals surface area (Å²) in [7, 11) is -10.5. The molecule has 89 heavy (non-hydrogen) atoms. The second-order valence-corrected chi connectivity index (χ2v) is 24.7. The van der Waals surface area contributed by atoms with Gasteiger partial charge in [0, 0.05) is 86.3 Å². The quantitative estimate of drug-likeness (QED) is 0.0330. The van der Waals surface area contributed by atoms with Crippen molar-refractivity contribution in [2.24, 2.45) is 0 Å². The highest BCUT2D eigenvalue weighted by Gasteiger charge is 2.42. The van der Waals surface area contributed by atoms with Crippen LogP contribution in [0.4, 0.5) is 5.69 Å². The number of nitrogens with one attached hydrogen (secondary N) is 3. The highest BCUT2D eigenvalue weighted by Crippen LogP contribution is 2.47. The number of aliphatic hydroxyl groups excluding tert-OH is 1. The minimum absolute atomic E-state index is 0.0359. The number of fused-ring (bicyclic) bond motifs is 5. The van der Waals surface area contributed by atoms with Crippen LogP contribution in [0.5, 0.6) is 0 Å². The van der Waals surface area contributed by atoms with Gasteiger partial charge in [-0.2, -0.15) is 0 Å². The van der Waals surface area contributed by atoms with Crippen LogP contribution in [-0.4, -0.2) is 134 Å². The van der Waals surface area contributed by atoms with Gasteiger partial charge in [0.1, 0.15) is 36.1 Å². The second-order valence-electron chi connectivity index (χ2n) is 22.0. The van der Waals surface area contributed by atoms with E-state index in [0.717, 1.165) is 50.6 Å². The summed E-state index contributed by atoms with van der Waals surface area (Å²) < 4.78 is 73.1. The number of aliphatic hydroxyl groups is 1. The van der Waals surface area contributed by atoms with E-state index in [4.69, 9.17) is 37.0 Å². The molecule has 31 heteroatoms. The lowest BCUT2D eigenvalue weighted by Gasteiger charge is -2.30. The molecule has 486 valence electrons. The molecule has 0 aliphatic carbocycles. The van der Waals surface area contributed by atoms with Crippen LogP contribution in [0, 0.1) is 13.8 Å². The Kier molecular flexibility index (Phi) is 25.0. The summed E-state index contributed by atoms with van der Waals surface area (Å²) in [6, 6.07) is 15.4. The smallest absolute Gasteiger partial charge is 0.330 e. The number of benzene rings is 2. The van der Waals surface area contributed by atoms with Crippen LogP contribution in [0.25, 0.3) is 22.5 Å². The maximum absolute atomic E-state index is 14.1. The third-order valence-corrected chi connectivity index (χ3v) is 17.2. The maximum Gasteiger partial charge on any atom is 0.330 e. The normalized spacial score (nSPS) is 20.2. The zero-order chi connectivity index (χ0) is 63.7. The molecular weight excluding hydrogens is 1200 g/mol. The van der Waals surface area contributed by atoms with E-state index in [1.807, 2.05) is 48.5 Å². The summed E-state index contributed by atoms with van der Waals surface area (Å²) in [5, 5.41) is 22.7. The molecule has 3 aliphatic heterocycles. The highest BCUT2D eigenvalue weighted by atomic mass is 31.2. The summed E-state index contributed by atoms with van der Waals surface area (Å²) >= 11 is 0. The third-order valence-electron chi connectivity index (χ3n) is 15.3. The van der Waals surface area contributed by atoms with Crippen molar-refractivity contribution in [1.82, 2.24) is 39.4 Å². The van der Waals surface area contributed by atoms with Crippen LogP contribution < -0.4 is 42.5 Å². The van der Waals surface area contributed by atoms with Crippen LogP contribution in [0.15, 0.2) is 80.1 Å². The molecule has 29 nitrogen and oxygen atoms in total. The average molecular weight is 1280 g/mol. The van der Waals surface area contributed by atoms with Crippen molar-refractivity contribution in [3.63, 3.8) is 0 Å². The number of aryl methyl sites for hydroxylation is 2. The molecule has 2 fully saturated rings. The number of H-pyrrole nitrogens is 2. The van der Waals surface area contributed by atoms with Crippen molar-refractivity contribution in [3.05, 3.63) is 119 Å². The Balaban J connectivity index is 0.744. The van der Waals surface area contributed by atoms with E-state index in [0.29, 0.717) is 50.3 Å². The molecule has 8 atom stereocenters. The molecule has 5 aromatic rings. The minimum atomic E-state index is -5.35. The lowest BCUT2D eigenvalue weighted by Crippen LogP contribution is -2.34. The molecule has 4 N–H and O–H groups in total. The van der Waals surface area contributed by atoms with Gasteiger partial charge < -0.3 is 62.2 Å². The Hall–Kier alpha value is -6.43. The number of phosphoric ester groups is 2. The molecule has 2 aromatic carbocycles. The summed E-state index contributed by atoms with van der Waals surface area (Å²) in [6.45, 7) is 4.69. The largest absolute Gasteiger partial charge is 0.756 e. The van der Waals surface area contributed by atoms with Crippen molar-refractivity contribution < 1.29 is 75.4 Å². The number of carbonyl (C=O) groups excluding carboxylic acids is 3. The highest BCUT2D eigenvalue weighted by molar-refractivity contribution is 7.46. The number of amides is 2. The monoisotopic (exact) mass is 1280 g/mol. The lowest BCUT2D eigenvalue weighted by molar-refractivity contribution is -0.236. The molecule has 6 heterocycles. The fourth-order valence-corrected chi connectivity index (χ4v) is 12.2. The number of phosphoric acid groups is 2. The number of ketones is 1. The Morgan fingerprint density at radius 2 is 1.34 bits per heavy atom. The van der Waals surface area contributed by atoms with E-state index in [1.54, 1.807) is 9.58 Å². The van der Waals surface area contributed by atoms with Crippen molar-refractivity contribution in [2.75, 3.05) is 57.7 Å². The van der Waals surface area contributed by atoms with Crippen molar-refractivity contribution in [2.45, 2.75) is 161 Å². The number of rotatable bonds is 35. The summed E-state index contributed by atoms with van der Waals surface area (Å²) in [4.78, 5) is 120. The molecule has 3 aromatic heterocycles. The van der Waals surface area contributed by atoms with Gasteiger partial charge in [-0.15, -0.1) is 5.10 Å².